The molecule has 0 heterocycles. The zero-order valence-electron chi connectivity index (χ0n) is 11.1. The monoisotopic (exact) mass is 232 g/mol. The van der Waals surface area contributed by atoms with Gasteiger partial charge in [0.15, 0.2) is 0 Å². The van der Waals surface area contributed by atoms with E-state index in [1.54, 1.807) is 0 Å². The Labute approximate surface area is 101 Å². The van der Waals surface area contributed by atoms with E-state index in [2.05, 4.69) is 13.8 Å². The fourth-order valence-corrected chi connectivity index (χ4v) is 1.46. The first kappa shape index (κ1) is 18.2. The molecule has 0 aromatic carbocycles. The lowest BCUT2D eigenvalue weighted by Crippen LogP contribution is -2.22. The molecular weight excluding hydrogens is 200 g/mol. The number of hydrogen-bond donors (Lipinski definition) is 4. The first-order valence-electron chi connectivity index (χ1n) is 6.53. The highest BCUT2D eigenvalue weighted by molar-refractivity contribution is 4.59. The van der Waals surface area contributed by atoms with Crippen LogP contribution in [0.3, 0.4) is 0 Å². The highest BCUT2D eigenvalue weighted by Gasteiger charge is 1.96. The molecule has 2 atom stereocenters. The van der Waals surface area contributed by atoms with Crippen LogP contribution >= 0.6 is 0 Å². The van der Waals surface area contributed by atoms with E-state index in [9.17, 15) is 0 Å². The summed E-state index contributed by atoms with van der Waals surface area (Å²) in [5, 5.41) is 0. The molecule has 0 fully saturated rings. The maximum absolute atomic E-state index is 5.61. The number of nitrogens with two attached hydrogens (primary N) is 4. The van der Waals surface area contributed by atoms with Crippen LogP contribution < -0.4 is 22.9 Å². The summed E-state index contributed by atoms with van der Waals surface area (Å²) >= 11 is 0. The molecule has 100 valence electrons. The van der Waals surface area contributed by atoms with Crippen LogP contribution in [-0.4, -0.2) is 25.2 Å². The summed E-state index contributed by atoms with van der Waals surface area (Å²) in [5.41, 5.74) is 21.8. The molecule has 16 heavy (non-hydrogen) atoms. The molecule has 0 saturated carbocycles. The molecule has 0 radical (unpaired) electrons. The molecule has 0 bridgehead atoms. The van der Waals surface area contributed by atoms with Crippen LogP contribution in [0.5, 0.6) is 0 Å². The van der Waals surface area contributed by atoms with Gasteiger partial charge in [0.05, 0.1) is 0 Å². The Kier molecular flexibility index (Phi) is 16.9. The maximum atomic E-state index is 5.61. The quantitative estimate of drug-likeness (QED) is 0.499. The molecule has 0 aliphatic carbocycles. The van der Waals surface area contributed by atoms with Gasteiger partial charge in [0, 0.05) is 12.1 Å². The Morgan fingerprint density at radius 2 is 1.00 bits per heavy atom. The SMILES string of the molecule is CCCC(N)CCN.CCCC(N)CCN. The second-order valence-corrected chi connectivity index (χ2v) is 4.25. The Hall–Kier alpha value is -0.160. The second kappa shape index (κ2) is 14.8. The number of hydrogen-bond acceptors (Lipinski definition) is 4. The topological polar surface area (TPSA) is 104 Å². The van der Waals surface area contributed by atoms with Crippen LogP contribution in [-0.2, 0) is 0 Å². The van der Waals surface area contributed by atoms with Crippen molar-refractivity contribution in [1.82, 2.24) is 0 Å². The molecule has 0 aromatic rings. The van der Waals surface area contributed by atoms with E-state index < -0.39 is 0 Å². The highest BCUT2D eigenvalue weighted by Crippen LogP contribution is 1.95. The fraction of sp³-hybridized carbons (Fsp3) is 1.00. The van der Waals surface area contributed by atoms with Crippen LogP contribution in [0.2, 0.25) is 0 Å². The van der Waals surface area contributed by atoms with E-state index in [-0.39, 0.29) is 0 Å². The minimum absolute atomic E-state index is 0.338. The van der Waals surface area contributed by atoms with Gasteiger partial charge in [0.25, 0.3) is 0 Å². The fourth-order valence-electron chi connectivity index (χ4n) is 1.46. The molecule has 0 saturated heterocycles. The van der Waals surface area contributed by atoms with E-state index in [4.69, 9.17) is 22.9 Å². The van der Waals surface area contributed by atoms with Crippen molar-refractivity contribution in [2.45, 2.75) is 64.5 Å². The van der Waals surface area contributed by atoms with Crippen LogP contribution in [0, 0.1) is 0 Å². The van der Waals surface area contributed by atoms with E-state index in [0.717, 1.165) is 38.8 Å². The van der Waals surface area contributed by atoms with Gasteiger partial charge < -0.3 is 22.9 Å². The van der Waals surface area contributed by atoms with Gasteiger partial charge in [-0.3, -0.25) is 0 Å². The van der Waals surface area contributed by atoms with Crippen LogP contribution in [0.4, 0.5) is 0 Å². The molecule has 8 N–H and O–H groups in total. The first-order chi connectivity index (χ1) is 7.62. The molecule has 0 aliphatic heterocycles. The molecule has 0 aliphatic rings. The van der Waals surface area contributed by atoms with Gasteiger partial charge in [0.1, 0.15) is 0 Å². The minimum atomic E-state index is 0.338. The average Bonchev–Trinajstić information content (AvgIpc) is 2.20. The summed E-state index contributed by atoms with van der Waals surface area (Å²) in [6.07, 6.45) is 6.48. The van der Waals surface area contributed by atoms with Crippen LogP contribution in [0.1, 0.15) is 52.4 Å². The summed E-state index contributed by atoms with van der Waals surface area (Å²) in [7, 11) is 0. The van der Waals surface area contributed by atoms with Crippen molar-refractivity contribution in [3.8, 4) is 0 Å². The lowest BCUT2D eigenvalue weighted by molar-refractivity contribution is 0.567. The normalized spacial score (nSPS) is 13.9. The molecule has 0 spiro atoms. The molecular formula is C12H32N4. The zero-order valence-corrected chi connectivity index (χ0v) is 11.1. The second-order valence-electron chi connectivity index (χ2n) is 4.25. The van der Waals surface area contributed by atoms with Gasteiger partial charge in [0.2, 0.25) is 0 Å². The largest absolute Gasteiger partial charge is 0.330 e. The lowest BCUT2D eigenvalue weighted by atomic mass is 10.1. The predicted molar refractivity (Wildman–Crippen MR) is 73.1 cm³/mol. The maximum Gasteiger partial charge on any atom is 0.00507 e. The van der Waals surface area contributed by atoms with Crippen LogP contribution in [0.25, 0.3) is 0 Å². The standard InChI is InChI=1S/2C6H16N2/c2*1-2-3-6(8)4-5-7/h2*6H,2-5,7-8H2,1H3. The van der Waals surface area contributed by atoms with Crippen molar-refractivity contribution in [2.75, 3.05) is 13.1 Å². The van der Waals surface area contributed by atoms with E-state index >= 15 is 0 Å². The summed E-state index contributed by atoms with van der Waals surface area (Å²) in [4.78, 5) is 0. The molecule has 0 amide bonds. The molecule has 4 nitrogen and oxygen atoms in total. The summed E-state index contributed by atoms with van der Waals surface area (Å²) in [5.74, 6) is 0. The van der Waals surface area contributed by atoms with Crippen molar-refractivity contribution in [3.63, 3.8) is 0 Å². The van der Waals surface area contributed by atoms with E-state index in [1.807, 2.05) is 0 Å². The summed E-state index contributed by atoms with van der Waals surface area (Å²) in [6.45, 7) is 5.72. The third kappa shape index (κ3) is 16.3. The third-order valence-corrected chi connectivity index (χ3v) is 2.39. The van der Waals surface area contributed by atoms with Gasteiger partial charge in [-0.1, -0.05) is 26.7 Å². The zero-order chi connectivity index (χ0) is 12.8. The molecule has 0 aromatic heterocycles. The summed E-state index contributed by atoms with van der Waals surface area (Å²) in [6, 6.07) is 0.676. The Morgan fingerprint density at radius 3 is 1.19 bits per heavy atom. The van der Waals surface area contributed by atoms with Crippen molar-refractivity contribution in [3.05, 3.63) is 0 Å². The molecule has 2 unspecified atom stereocenters. The van der Waals surface area contributed by atoms with Crippen molar-refractivity contribution in [2.24, 2.45) is 22.9 Å². The first-order valence-corrected chi connectivity index (χ1v) is 6.53. The Bertz CT molecular complexity index is 93.6. The predicted octanol–water partition coefficient (Wildman–Crippen LogP) is 0.925. The van der Waals surface area contributed by atoms with Gasteiger partial charge in [-0.2, -0.15) is 0 Å². The van der Waals surface area contributed by atoms with Gasteiger partial charge in [-0.25, -0.2) is 0 Å². The van der Waals surface area contributed by atoms with Gasteiger partial charge >= 0.3 is 0 Å². The molecule has 4 heteroatoms. The van der Waals surface area contributed by atoms with Crippen molar-refractivity contribution < 1.29 is 0 Å². The van der Waals surface area contributed by atoms with Crippen LogP contribution in [0.15, 0.2) is 0 Å². The smallest absolute Gasteiger partial charge is 0.00507 e. The Morgan fingerprint density at radius 1 is 0.688 bits per heavy atom. The summed E-state index contributed by atoms with van der Waals surface area (Å²) < 4.78 is 0. The van der Waals surface area contributed by atoms with Crippen molar-refractivity contribution >= 4 is 0 Å². The number of rotatable bonds is 8. The molecule has 0 rings (SSSR count). The Balaban J connectivity index is 0. The lowest BCUT2D eigenvalue weighted by Gasteiger charge is -2.05. The highest BCUT2D eigenvalue weighted by atomic mass is 14.6. The average molecular weight is 232 g/mol. The van der Waals surface area contributed by atoms with Crippen molar-refractivity contribution in [1.29, 1.82) is 0 Å². The third-order valence-electron chi connectivity index (χ3n) is 2.39. The van der Waals surface area contributed by atoms with Gasteiger partial charge in [-0.15, -0.1) is 0 Å². The van der Waals surface area contributed by atoms with Gasteiger partial charge in [-0.05, 0) is 38.8 Å². The minimum Gasteiger partial charge on any atom is -0.330 e. The van der Waals surface area contributed by atoms with E-state index in [1.165, 1.54) is 12.8 Å². The van der Waals surface area contributed by atoms with E-state index in [0.29, 0.717) is 12.1 Å².